The van der Waals surface area contributed by atoms with Crippen LogP contribution in [0.5, 0.6) is 0 Å². The van der Waals surface area contributed by atoms with Crippen molar-refractivity contribution in [2.45, 2.75) is 58.5 Å². The molecule has 0 radical (unpaired) electrons. The van der Waals surface area contributed by atoms with Gasteiger partial charge in [0, 0.05) is 24.3 Å². The molecule has 1 aromatic carbocycles. The fourth-order valence-corrected chi connectivity index (χ4v) is 3.58. The quantitative estimate of drug-likeness (QED) is 0.882. The van der Waals surface area contributed by atoms with Crippen LogP contribution in [-0.4, -0.2) is 18.2 Å². The van der Waals surface area contributed by atoms with Crippen LogP contribution in [0.2, 0.25) is 0 Å². The molecule has 126 valence electrons. The van der Waals surface area contributed by atoms with Gasteiger partial charge < -0.3 is 0 Å². The number of benzene rings is 1. The number of aromatic nitrogens is 2. The smallest absolute Gasteiger partial charge is 0.240 e. The number of sulfonamides is 1. The molecular formula is C17H25N3O2S. The van der Waals surface area contributed by atoms with E-state index in [0.717, 1.165) is 29.1 Å². The molecule has 2 rings (SSSR count). The molecule has 5 nitrogen and oxygen atoms in total. The first kappa shape index (κ1) is 17.7. The van der Waals surface area contributed by atoms with Gasteiger partial charge in [0.15, 0.2) is 0 Å². The minimum Gasteiger partial charge on any atom is -0.270 e. The molecule has 0 aliphatic rings. The van der Waals surface area contributed by atoms with Crippen molar-refractivity contribution in [2.75, 3.05) is 0 Å². The van der Waals surface area contributed by atoms with E-state index in [-0.39, 0.29) is 6.54 Å². The summed E-state index contributed by atoms with van der Waals surface area (Å²) in [6.45, 7) is 11.1. The first-order chi connectivity index (χ1) is 10.8. The van der Waals surface area contributed by atoms with E-state index in [9.17, 15) is 8.42 Å². The van der Waals surface area contributed by atoms with E-state index >= 15 is 0 Å². The highest BCUT2D eigenvalue weighted by molar-refractivity contribution is 7.89. The second kappa shape index (κ2) is 6.84. The lowest BCUT2D eigenvalue weighted by Gasteiger charge is -2.09. The summed E-state index contributed by atoms with van der Waals surface area (Å²) in [4.78, 5) is 0.292. The predicted molar refractivity (Wildman–Crippen MR) is 91.9 cm³/mol. The molecule has 0 spiro atoms. The van der Waals surface area contributed by atoms with Crippen LogP contribution >= 0.6 is 0 Å². The van der Waals surface area contributed by atoms with Crippen molar-refractivity contribution in [1.29, 1.82) is 0 Å². The SMILES string of the molecule is CCn1nc(C)c(CNS(=O)(=O)c2ccc(C(C)C)cc2)c1C. The average Bonchev–Trinajstić information content (AvgIpc) is 2.79. The van der Waals surface area contributed by atoms with Crippen LogP contribution in [0.25, 0.3) is 0 Å². The largest absolute Gasteiger partial charge is 0.270 e. The molecule has 0 aliphatic heterocycles. The normalized spacial score (nSPS) is 12.1. The van der Waals surface area contributed by atoms with Crippen LogP contribution in [0.4, 0.5) is 0 Å². The maximum Gasteiger partial charge on any atom is 0.240 e. The van der Waals surface area contributed by atoms with Crippen molar-refractivity contribution < 1.29 is 8.42 Å². The molecular weight excluding hydrogens is 310 g/mol. The van der Waals surface area contributed by atoms with Gasteiger partial charge in [-0.25, -0.2) is 13.1 Å². The lowest BCUT2D eigenvalue weighted by molar-refractivity contribution is 0.580. The summed E-state index contributed by atoms with van der Waals surface area (Å²) >= 11 is 0. The van der Waals surface area contributed by atoms with Gasteiger partial charge in [0.1, 0.15) is 0 Å². The van der Waals surface area contributed by atoms with E-state index in [1.807, 2.05) is 37.6 Å². The van der Waals surface area contributed by atoms with E-state index in [2.05, 4.69) is 23.7 Å². The highest BCUT2D eigenvalue weighted by Gasteiger charge is 2.17. The molecule has 23 heavy (non-hydrogen) atoms. The summed E-state index contributed by atoms with van der Waals surface area (Å²) in [5.74, 6) is 0.380. The zero-order chi connectivity index (χ0) is 17.2. The average molecular weight is 335 g/mol. The molecule has 1 N–H and O–H groups in total. The maximum atomic E-state index is 12.4. The summed E-state index contributed by atoms with van der Waals surface area (Å²) < 4.78 is 29.5. The van der Waals surface area contributed by atoms with Crippen molar-refractivity contribution in [1.82, 2.24) is 14.5 Å². The van der Waals surface area contributed by atoms with Crippen LogP contribution in [0.1, 0.15) is 49.2 Å². The van der Waals surface area contributed by atoms with E-state index in [4.69, 9.17) is 0 Å². The Balaban J connectivity index is 2.17. The molecule has 0 atom stereocenters. The first-order valence-corrected chi connectivity index (χ1v) is 9.37. The van der Waals surface area contributed by atoms with Gasteiger partial charge in [-0.05, 0) is 44.4 Å². The Labute approximate surface area is 138 Å². The molecule has 0 amide bonds. The molecule has 0 saturated carbocycles. The van der Waals surface area contributed by atoms with Gasteiger partial charge in [-0.2, -0.15) is 5.10 Å². The highest BCUT2D eigenvalue weighted by atomic mass is 32.2. The molecule has 0 aliphatic carbocycles. The van der Waals surface area contributed by atoms with Crippen molar-refractivity contribution >= 4 is 10.0 Å². The number of rotatable bonds is 6. The van der Waals surface area contributed by atoms with E-state index in [1.54, 1.807) is 12.1 Å². The number of hydrogen-bond donors (Lipinski definition) is 1. The van der Waals surface area contributed by atoms with Crippen molar-refractivity contribution in [2.24, 2.45) is 0 Å². The third-order valence-electron chi connectivity index (χ3n) is 4.13. The van der Waals surface area contributed by atoms with E-state index in [0.29, 0.717) is 10.8 Å². The van der Waals surface area contributed by atoms with Gasteiger partial charge in [-0.3, -0.25) is 4.68 Å². The van der Waals surface area contributed by atoms with Gasteiger partial charge in [0.2, 0.25) is 10.0 Å². The van der Waals surface area contributed by atoms with Gasteiger partial charge >= 0.3 is 0 Å². The Morgan fingerprint density at radius 2 is 1.78 bits per heavy atom. The molecule has 6 heteroatoms. The third-order valence-corrected chi connectivity index (χ3v) is 5.54. The van der Waals surface area contributed by atoms with Gasteiger partial charge in [0.25, 0.3) is 0 Å². The summed E-state index contributed by atoms with van der Waals surface area (Å²) in [5.41, 5.74) is 3.93. The Hall–Kier alpha value is -1.66. The molecule has 0 bridgehead atoms. The number of aryl methyl sites for hydroxylation is 2. The number of nitrogens with one attached hydrogen (secondary N) is 1. The lowest BCUT2D eigenvalue weighted by atomic mass is 10.0. The summed E-state index contributed by atoms with van der Waals surface area (Å²) in [6.07, 6.45) is 0. The van der Waals surface area contributed by atoms with Crippen LogP contribution in [0.15, 0.2) is 29.2 Å². The van der Waals surface area contributed by atoms with Gasteiger partial charge in [-0.15, -0.1) is 0 Å². The molecule has 1 aromatic heterocycles. The van der Waals surface area contributed by atoms with Crippen molar-refractivity contribution in [3.63, 3.8) is 0 Å². The highest BCUT2D eigenvalue weighted by Crippen LogP contribution is 2.18. The monoisotopic (exact) mass is 335 g/mol. The third kappa shape index (κ3) is 3.82. The minimum atomic E-state index is -3.52. The first-order valence-electron chi connectivity index (χ1n) is 7.88. The molecule has 0 saturated heterocycles. The summed E-state index contributed by atoms with van der Waals surface area (Å²) in [5, 5.41) is 4.41. The molecule has 2 aromatic rings. The Bertz CT molecular complexity index is 775. The molecule has 1 heterocycles. The second-order valence-electron chi connectivity index (χ2n) is 6.01. The van der Waals surface area contributed by atoms with Crippen LogP contribution in [0, 0.1) is 13.8 Å². The van der Waals surface area contributed by atoms with Gasteiger partial charge in [0.05, 0.1) is 10.6 Å². The summed E-state index contributed by atoms with van der Waals surface area (Å²) in [7, 11) is -3.52. The zero-order valence-corrected chi connectivity index (χ0v) is 15.2. The van der Waals surface area contributed by atoms with Crippen LogP contribution in [-0.2, 0) is 23.1 Å². The van der Waals surface area contributed by atoms with Crippen molar-refractivity contribution in [3.05, 3.63) is 46.8 Å². The van der Waals surface area contributed by atoms with Crippen LogP contribution < -0.4 is 4.72 Å². The van der Waals surface area contributed by atoms with Gasteiger partial charge in [-0.1, -0.05) is 26.0 Å². The minimum absolute atomic E-state index is 0.256. The van der Waals surface area contributed by atoms with E-state index in [1.165, 1.54) is 0 Å². The zero-order valence-electron chi connectivity index (χ0n) is 14.4. The Morgan fingerprint density at radius 3 is 2.26 bits per heavy atom. The van der Waals surface area contributed by atoms with E-state index < -0.39 is 10.0 Å². The van der Waals surface area contributed by atoms with Crippen molar-refractivity contribution in [3.8, 4) is 0 Å². The maximum absolute atomic E-state index is 12.4. The standard InChI is InChI=1S/C17H25N3O2S/c1-6-20-14(5)17(13(4)19-20)11-18-23(21,22)16-9-7-15(8-10-16)12(2)3/h7-10,12,18H,6,11H2,1-5H3. The fourth-order valence-electron chi connectivity index (χ4n) is 2.58. The number of hydrogen-bond acceptors (Lipinski definition) is 3. The summed E-state index contributed by atoms with van der Waals surface area (Å²) in [6, 6.07) is 7.05. The topological polar surface area (TPSA) is 64.0 Å². The fraction of sp³-hybridized carbons (Fsp3) is 0.471. The lowest BCUT2D eigenvalue weighted by Crippen LogP contribution is -2.23. The Kier molecular flexibility index (Phi) is 5.26. The molecule has 0 unspecified atom stereocenters. The predicted octanol–water partition coefficient (Wildman–Crippen LogP) is 3.12. The van der Waals surface area contributed by atoms with Crippen LogP contribution in [0.3, 0.4) is 0 Å². The molecule has 0 fully saturated rings. The number of nitrogens with zero attached hydrogens (tertiary/aromatic N) is 2. The Morgan fingerprint density at radius 1 is 1.17 bits per heavy atom. The second-order valence-corrected chi connectivity index (χ2v) is 7.78.